The monoisotopic (exact) mass is 289 g/mol. The molecule has 0 heterocycles. The van der Waals surface area contributed by atoms with Crippen molar-refractivity contribution in [2.75, 3.05) is 27.2 Å². The van der Waals surface area contributed by atoms with Crippen molar-refractivity contribution in [3.05, 3.63) is 33.8 Å². The molecule has 0 aliphatic heterocycles. The third-order valence-electron chi connectivity index (χ3n) is 2.30. The average Bonchev–Trinajstić information content (AvgIpc) is 2.32. The highest BCUT2D eigenvalue weighted by molar-refractivity contribution is 6.42. The van der Waals surface area contributed by atoms with E-state index >= 15 is 0 Å². The molecule has 2 N–H and O–H groups in total. The third-order valence-corrected chi connectivity index (χ3v) is 3.04. The Morgan fingerprint density at radius 2 is 1.94 bits per heavy atom. The van der Waals surface area contributed by atoms with Crippen molar-refractivity contribution >= 4 is 29.2 Å². The molecule has 1 aromatic rings. The highest BCUT2D eigenvalue weighted by Gasteiger charge is 2.01. The van der Waals surface area contributed by atoms with Crippen LogP contribution < -0.4 is 10.6 Å². The third kappa shape index (κ3) is 5.12. The van der Waals surface area contributed by atoms with Crippen LogP contribution in [0.3, 0.4) is 0 Å². The van der Waals surface area contributed by atoms with Crippen molar-refractivity contribution in [3.63, 3.8) is 0 Å². The molecule has 0 atom stereocenters. The first-order valence-corrected chi connectivity index (χ1v) is 6.36. The van der Waals surface area contributed by atoms with E-state index in [1.54, 1.807) is 20.2 Å². The van der Waals surface area contributed by atoms with Crippen LogP contribution in [0.25, 0.3) is 0 Å². The highest BCUT2D eigenvalue weighted by Crippen LogP contribution is 2.22. The quantitative estimate of drug-likeness (QED) is 0.818. The number of rotatable bonds is 5. The lowest BCUT2D eigenvalue weighted by molar-refractivity contribution is 0.217. The zero-order chi connectivity index (χ0) is 13.5. The van der Waals surface area contributed by atoms with E-state index in [4.69, 9.17) is 23.2 Å². The predicted octanol–water partition coefficient (Wildman–Crippen LogP) is 2.35. The second kappa shape index (κ2) is 7.46. The van der Waals surface area contributed by atoms with E-state index in [-0.39, 0.29) is 6.03 Å². The van der Waals surface area contributed by atoms with Gasteiger partial charge in [-0.2, -0.15) is 0 Å². The Hall–Kier alpha value is -0.970. The van der Waals surface area contributed by atoms with Crippen molar-refractivity contribution in [1.82, 2.24) is 15.5 Å². The van der Waals surface area contributed by atoms with Crippen LogP contribution in [0.1, 0.15) is 5.56 Å². The Morgan fingerprint density at radius 3 is 2.56 bits per heavy atom. The first-order valence-electron chi connectivity index (χ1n) is 5.60. The summed E-state index contributed by atoms with van der Waals surface area (Å²) >= 11 is 11.7. The summed E-state index contributed by atoms with van der Waals surface area (Å²) in [4.78, 5) is 12.7. The van der Waals surface area contributed by atoms with Crippen molar-refractivity contribution in [1.29, 1.82) is 0 Å². The molecule has 1 rings (SSSR count). The Kier molecular flexibility index (Phi) is 6.25. The summed E-state index contributed by atoms with van der Waals surface area (Å²) in [6.45, 7) is 1.97. The minimum absolute atomic E-state index is 0.0914. The number of carbonyl (C=O) groups excluding carboxylic acids is 1. The van der Waals surface area contributed by atoms with Crippen LogP contribution in [-0.2, 0) is 6.54 Å². The molecule has 18 heavy (non-hydrogen) atoms. The fourth-order valence-corrected chi connectivity index (χ4v) is 1.62. The maximum absolute atomic E-state index is 11.2. The number of nitrogens with zero attached hydrogens (tertiary/aromatic N) is 1. The van der Waals surface area contributed by atoms with Gasteiger partial charge < -0.3 is 15.5 Å². The fourth-order valence-electron chi connectivity index (χ4n) is 1.30. The van der Waals surface area contributed by atoms with E-state index in [1.165, 1.54) is 4.90 Å². The van der Waals surface area contributed by atoms with Gasteiger partial charge >= 0.3 is 6.03 Å². The summed E-state index contributed by atoms with van der Waals surface area (Å²) in [5.41, 5.74) is 1.06. The Labute approximate surface area is 117 Å². The van der Waals surface area contributed by atoms with Gasteiger partial charge in [0, 0.05) is 33.7 Å². The molecule has 0 aromatic heterocycles. The maximum atomic E-state index is 11.2. The zero-order valence-corrected chi connectivity index (χ0v) is 12.0. The molecular weight excluding hydrogens is 273 g/mol. The molecule has 0 aliphatic carbocycles. The zero-order valence-electron chi connectivity index (χ0n) is 10.5. The molecule has 6 heteroatoms. The van der Waals surface area contributed by atoms with Crippen LogP contribution in [-0.4, -0.2) is 38.1 Å². The lowest BCUT2D eigenvalue weighted by atomic mass is 10.2. The van der Waals surface area contributed by atoms with E-state index in [9.17, 15) is 4.79 Å². The summed E-state index contributed by atoms with van der Waals surface area (Å²) < 4.78 is 0. The van der Waals surface area contributed by atoms with E-state index in [0.29, 0.717) is 29.7 Å². The second-order valence-electron chi connectivity index (χ2n) is 4.05. The van der Waals surface area contributed by atoms with Crippen molar-refractivity contribution in [2.45, 2.75) is 6.54 Å². The Morgan fingerprint density at radius 1 is 1.22 bits per heavy atom. The number of hydrogen-bond donors (Lipinski definition) is 2. The fraction of sp³-hybridized carbons (Fsp3) is 0.417. The van der Waals surface area contributed by atoms with Gasteiger partial charge in [-0.05, 0) is 17.7 Å². The van der Waals surface area contributed by atoms with Crippen molar-refractivity contribution in [3.8, 4) is 0 Å². The molecule has 0 radical (unpaired) electrons. The number of hydrogen-bond acceptors (Lipinski definition) is 2. The van der Waals surface area contributed by atoms with Gasteiger partial charge in [-0.15, -0.1) is 0 Å². The lowest BCUT2D eigenvalue weighted by Gasteiger charge is -2.12. The second-order valence-corrected chi connectivity index (χ2v) is 4.87. The maximum Gasteiger partial charge on any atom is 0.316 e. The van der Waals surface area contributed by atoms with Gasteiger partial charge in [0.25, 0.3) is 0 Å². The van der Waals surface area contributed by atoms with Crippen molar-refractivity contribution in [2.24, 2.45) is 0 Å². The number of urea groups is 1. The number of halogens is 2. The van der Waals surface area contributed by atoms with E-state index in [1.807, 2.05) is 12.1 Å². The number of carbonyl (C=O) groups is 1. The molecule has 0 aliphatic rings. The summed E-state index contributed by atoms with van der Waals surface area (Å²) in [5, 5.41) is 7.08. The van der Waals surface area contributed by atoms with Gasteiger partial charge in [0.05, 0.1) is 10.0 Å². The molecule has 0 spiro atoms. The van der Waals surface area contributed by atoms with Gasteiger partial charge in [0.2, 0.25) is 0 Å². The predicted molar refractivity (Wildman–Crippen MR) is 75.3 cm³/mol. The first kappa shape index (κ1) is 15.1. The molecule has 2 amide bonds. The van der Waals surface area contributed by atoms with Crippen molar-refractivity contribution < 1.29 is 4.79 Å². The SMILES string of the molecule is CN(C)C(=O)NCCNCc1ccc(Cl)c(Cl)c1. The average molecular weight is 290 g/mol. The van der Waals surface area contributed by atoms with E-state index in [2.05, 4.69) is 10.6 Å². The molecule has 0 fully saturated rings. The molecule has 0 saturated heterocycles. The van der Waals surface area contributed by atoms with Crippen LogP contribution in [0.2, 0.25) is 10.0 Å². The minimum atomic E-state index is -0.0914. The van der Waals surface area contributed by atoms with Gasteiger partial charge in [0.15, 0.2) is 0 Å². The normalized spacial score (nSPS) is 10.2. The molecular formula is C12H17Cl2N3O. The molecule has 100 valence electrons. The molecule has 0 bridgehead atoms. The summed E-state index contributed by atoms with van der Waals surface area (Å²) in [6.07, 6.45) is 0. The smallest absolute Gasteiger partial charge is 0.316 e. The Bertz CT molecular complexity index is 410. The van der Waals surface area contributed by atoms with Gasteiger partial charge in [-0.3, -0.25) is 0 Å². The largest absolute Gasteiger partial charge is 0.337 e. The standard InChI is InChI=1S/C12H17Cl2N3O/c1-17(2)12(18)16-6-5-15-8-9-3-4-10(13)11(14)7-9/h3-4,7,15H,5-6,8H2,1-2H3,(H,16,18). The summed E-state index contributed by atoms with van der Waals surface area (Å²) in [6, 6.07) is 5.43. The summed E-state index contributed by atoms with van der Waals surface area (Å²) in [7, 11) is 3.41. The molecule has 4 nitrogen and oxygen atoms in total. The van der Waals surface area contributed by atoms with Crippen LogP contribution in [0.4, 0.5) is 4.79 Å². The van der Waals surface area contributed by atoms with Crippen LogP contribution in [0, 0.1) is 0 Å². The van der Waals surface area contributed by atoms with Gasteiger partial charge in [-0.25, -0.2) is 4.79 Å². The number of benzene rings is 1. The molecule has 0 unspecified atom stereocenters. The molecule has 1 aromatic carbocycles. The first-order chi connectivity index (χ1) is 8.50. The van der Waals surface area contributed by atoms with Gasteiger partial charge in [0.1, 0.15) is 0 Å². The van der Waals surface area contributed by atoms with Gasteiger partial charge in [-0.1, -0.05) is 29.3 Å². The minimum Gasteiger partial charge on any atom is -0.337 e. The number of amides is 2. The van der Waals surface area contributed by atoms with Crippen LogP contribution in [0.5, 0.6) is 0 Å². The highest BCUT2D eigenvalue weighted by atomic mass is 35.5. The number of nitrogens with one attached hydrogen (secondary N) is 2. The van der Waals surface area contributed by atoms with Crippen LogP contribution in [0.15, 0.2) is 18.2 Å². The lowest BCUT2D eigenvalue weighted by Crippen LogP contribution is -2.38. The van der Waals surface area contributed by atoms with E-state index in [0.717, 1.165) is 5.56 Å². The van der Waals surface area contributed by atoms with E-state index < -0.39 is 0 Å². The topological polar surface area (TPSA) is 44.4 Å². The Balaban J connectivity index is 2.22. The van der Waals surface area contributed by atoms with Crippen LogP contribution >= 0.6 is 23.2 Å². The molecule has 0 saturated carbocycles. The summed E-state index contributed by atoms with van der Waals surface area (Å²) in [5.74, 6) is 0.